The lowest BCUT2D eigenvalue weighted by Crippen LogP contribution is -2.38. The number of hydrogen-bond acceptors (Lipinski definition) is 6. The van der Waals surface area contributed by atoms with Crippen LogP contribution in [-0.4, -0.2) is 55.6 Å². The number of hydrogen-bond donors (Lipinski definition) is 2. The maximum atomic E-state index is 13.4. The molecule has 0 bridgehead atoms. The van der Waals surface area contributed by atoms with Crippen molar-refractivity contribution in [3.63, 3.8) is 0 Å². The molecule has 3 N–H and O–H groups in total. The van der Waals surface area contributed by atoms with Gasteiger partial charge in [0.25, 0.3) is 11.8 Å². The number of rotatable bonds is 7. The minimum atomic E-state index is -0.410. The molecule has 43 heavy (non-hydrogen) atoms. The number of anilines is 1. The van der Waals surface area contributed by atoms with E-state index in [0.717, 1.165) is 16.7 Å². The number of nitrogens with one attached hydrogen (secondary N) is 1. The van der Waals surface area contributed by atoms with E-state index in [1.54, 1.807) is 70.8 Å². The molecule has 1 atom stereocenters. The first-order chi connectivity index (χ1) is 20.8. The Morgan fingerprint density at radius 2 is 1.86 bits per heavy atom. The van der Waals surface area contributed by atoms with Gasteiger partial charge in [0.1, 0.15) is 11.6 Å². The smallest absolute Gasteiger partial charge is 0.255 e. The van der Waals surface area contributed by atoms with Crippen molar-refractivity contribution in [2.24, 2.45) is 0 Å². The van der Waals surface area contributed by atoms with Crippen molar-refractivity contribution < 1.29 is 14.0 Å². The Kier molecular flexibility index (Phi) is 7.84. The Hall–Kier alpha value is -5.09. The van der Waals surface area contributed by atoms with E-state index < -0.39 is 5.82 Å². The molecule has 9 nitrogen and oxygen atoms in total. The van der Waals surface area contributed by atoms with Crippen LogP contribution in [0.3, 0.4) is 0 Å². The molecule has 11 heteroatoms. The number of aromatic nitrogens is 4. The van der Waals surface area contributed by atoms with E-state index in [-0.39, 0.29) is 29.2 Å². The SMILES string of the molecule is Nc1ncc(-c2cnn(Cc3cccnc3)c2)cc1C(=O)N[C@@H]1CCN(C(=O)c2ccc(-c3ccc(F)cc3Cl)cc2)C1. The molecule has 0 unspecified atom stereocenters. The second kappa shape index (κ2) is 12.0. The van der Waals surface area contributed by atoms with Gasteiger partial charge in [-0.2, -0.15) is 5.10 Å². The number of nitrogens with zero attached hydrogens (tertiary/aromatic N) is 5. The molecule has 6 rings (SSSR count). The van der Waals surface area contributed by atoms with Crippen molar-refractivity contribution in [1.82, 2.24) is 30.0 Å². The summed E-state index contributed by atoms with van der Waals surface area (Å²) in [5.41, 5.74) is 10.9. The van der Waals surface area contributed by atoms with Gasteiger partial charge in [0, 0.05) is 66.2 Å². The molecule has 1 saturated heterocycles. The number of amides is 2. The molecule has 0 radical (unpaired) electrons. The minimum absolute atomic E-state index is 0.122. The van der Waals surface area contributed by atoms with Crippen molar-refractivity contribution in [2.75, 3.05) is 18.8 Å². The van der Waals surface area contributed by atoms with Gasteiger partial charge in [-0.15, -0.1) is 0 Å². The summed E-state index contributed by atoms with van der Waals surface area (Å²) in [7, 11) is 0. The van der Waals surface area contributed by atoms with Crippen LogP contribution in [0, 0.1) is 5.82 Å². The normalized spacial score (nSPS) is 14.6. The molecule has 2 amide bonds. The Balaban J connectivity index is 1.09. The van der Waals surface area contributed by atoms with Crippen LogP contribution in [-0.2, 0) is 6.54 Å². The molecule has 0 spiro atoms. The molecule has 5 aromatic rings. The highest BCUT2D eigenvalue weighted by Gasteiger charge is 2.29. The lowest BCUT2D eigenvalue weighted by molar-refractivity contribution is 0.0783. The highest BCUT2D eigenvalue weighted by Crippen LogP contribution is 2.29. The van der Waals surface area contributed by atoms with Crippen LogP contribution >= 0.6 is 11.6 Å². The number of benzene rings is 2. The van der Waals surface area contributed by atoms with Crippen molar-refractivity contribution >= 4 is 29.2 Å². The minimum Gasteiger partial charge on any atom is -0.383 e. The first kappa shape index (κ1) is 28.0. The largest absolute Gasteiger partial charge is 0.383 e. The van der Waals surface area contributed by atoms with Crippen molar-refractivity contribution in [2.45, 2.75) is 19.0 Å². The Labute approximate surface area is 252 Å². The molecule has 1 aliphatic rings. The summed E-state index contributed by atoms with van der Waals surface area (Å²) < 4.78 is 15.2. The number of carbonyl (C=O) groups excluding carboxylic acids is 2. The molecule has 0 saturated carbocycles. The number of halogens is 2. The van der Waals surface area contributed by atoms with E-state index in [2.05, 4.69) is 20.4 Å². The van der Waals surface area contributed by atoms with Crippen LogP contribution < -0.4 is 11.1 Å². The van der Waals surface area contributed by atoms with Crippen LogP contribution in [0.25, 0.3) is 22.3 Å². The maximum absolute atomic E-state index is 13.4. The standard InChI is InChI=1S/C32H27ClFN7O2/c33-29-13-25(34)7-8-27(29)21-3-5-22(6-4-21)32(43)40-11-9-26(19-40)39-31(42)28-12-23(15-37-30(28)35)24-16-38-41(18-24)17-20-2-1-10-36-14-20/h1-8,10,12-16,18,26H,9,11,17,19H2,(H2,35,37)(H,39,42)/t26-/m1/s1. The molecule has 3 aromatic heterocycles. The molecule has 216 valence electrons. The lowest BCUT2D eigenvalue weighted by Gasteiger charge is -2.18. The summed E-state index contributed by atoms with van der Waals surface area (Å²) in [6, 6.07) is 16.5. The first-order valence-electron chi connectivity index (χ1n) is 13.7. The van der Waals surface area contributed by atoms with Crippen LogP contribution in [0.4, 0.5) is 10.2 Å². The van der Waals surface area contributed by atoms with Crippen molar-refractivity contribution in [3.8, 4) is 22.3 Å². The van der Waals surface area contributed by atoms with Gasteiger partial charge in [-0.25, -0.2) is 9.37 Å². The number of nitrogens with two attached hydrogens (primary N) is 1. The predicted octanol–water partition coefficient (Wildman–Crippen LogP) is 5.07. The van der Waals surface area contributed by atoms with Crippen LogP contribution in [0.2, 0.25) is 5.02 Å². The summed E-state index contributed by atoms with van der Waals surface area (Å²) in [6.45, 7) is 1.43. The predicted molar refractivity (Wildman–Crippen MR) is 162 cm³/mol. The lowest BCUT2D eigenvalue weighted by atomic mass is 10.0. The van der Waals surface area contributed by atoms with E-state index in [1.165, 1.54) is 12.1 Å². The first-order valence-corrected chi connectivity index (χ1v) is 14.0. The van der Waals surface area contributed by atoms with Crippen molar-refractivity contribution in [1.29, 1.82) is 0 Å². The number of carbonyl (C=O) groups is 2. The van der Waals surface area contributed by atoms with E-state index in [4.69, 9.17) is 17.3 Å². The fraction of sp³-hybridized carbons (Fsp3) is 0.156. The summed E-state index contributed by atoms with van der Waals surface area (Å²) in [5, 5.41) is 7.72. The van der Waals surface area contributed by atoms with E-state index >= 15 is 0 Å². The zero-order valence-electron chi connectivity index (χ0n) is 23.0. The fourth-order valence-corrected chi connectivity index (χ4v) is 5.39. The third kappa shape index (κ3) is 6.24. The molecular weight excluding hydrogens is 569 g/mol. The average Bonchev–Trinajstić information content (AvgIpc) is 3.68. The van der Waals surface area contributed by atoms with Gasteiger partial charge in [-0.1, -0.05) is 29.8 Å². The average molecular weight is 596 g/mol. The monoisotopic (exact) mass is 595 g/mol. The number of likely N-dealkylation sites (tertiary alicyclic amines) is 1. The van der Waals surface area contributed by atoms with E-state index in [9.17, 15) is 14.0 Å². The molecule has 1 fully saturated rings. The Morgan fingerprint density at radius 1 is 1.02 bits per heavy atom. The zero-order chi connectivity index (χ0) is 29.9. The van der Waals surface area contributed by atoms with Gasteiger partial charge < -0.3 is 16.0 Å². The third-order valence-corrected chi connectivity index (χ3v) is 7.69. The second-order valence-corrected chi connectivity index (χ2v) is 10.8. The summed E-state index contributed by atoms with van der Waals surface area (Å²) in [4.78, 5) is 36.5. The Bertz CT molecular complexity index is 1790. The molecule has 2 aromatic carbocycles. The molecule has 0 aliphatic carbocycles. The summed E-state index contributed by atoms with van der Waals surface area (Å²) >= 11 is 6.18. The van der Waals surface area contributed by atoms with E-state index in [0.29, 0.717) is 47.8 Å². The zero-order valence-corrected chi connectivity index (χ0v) is 23.7. The van der Waals surface area contributed by atoms with Crippen LogP contribution in [0.5, 0.6) is 0 Å². The fourth-order valence-electron chi connectivity index (χ4n) is 5.12. The molecule has 1 aliphatic heterocycles. The van der Waals surface area contributed by atoms with Crippen LogP contribution in [0.15, 0.2) is 91.6 Å². The van der Waals surface area contributed by atoms with Gasteiger partial charge in [-0.3, -0.25) is 19.3 Å². The molecule has 4 heterocycles. The topological polar surface area (TPSA) is 119 Å². The van der Waals surface area contributed by atoms with Gasteiger partial charge in [0.2, 0.25) is 0 Å². The van der Waals surface area contributed by atoms with Crippen LogP contribution in [0.1, 0.15) is 32.7 Å². The van der Waals surface area contributed by atoms with Crippen molar-refractivity contribution in [3.05, 3.63) is 119 Å². The van der Waals surface area contributed by atoms with Gasteiger partial charge in [0.05, 0.1) is 23.3 Å². The van der Waals surface area contributed by atoms with Gasteiger partial charge in [0.15, 0.2) is 0 Å². The molecular formula is C32H27ClFN7O2. The quantitative estimate of drug-likeness (QED) is 0.271. The van der Waals surface area contributed by atoms with E-state index in [1.807, 2.05) is 18.3 Å². The number of nitrogen functional groups attached to an aromatic ring is 1. The maximum Gasteiger partial charge on any atom is 0.255 e. The second-order valence-electron chi connectivity index (χ2n) is 10.4. The highest BCUT2D eigenvalue weighted by atomic mass is 35.5. The Morgan fingerprint density at radius 3 is 2.63 bits per heavy atom. The summed E-state index contributed by atoms with van der Waals surface area (Å²) in [5.74, 6) is -0.779. The highest BCUT2D eigenvalue weighted by molar-refractivity contribution is 6.33. The number of pyridine rings is 2. The third-order valence-electron chi connectivity index (χ3n) is 7.38. The van der Waals surface area contributed by atoms with Gasteiger partial charge >= 0.3 is 0 Å². The van der Waals surface area contributed by atoms with Gasteiger partial charge in [-0.05, 0) is 60.0 Å². The summed E-state index contributed by atoms with van der Waals surface area (Å²) in [6.07, 6.45) is 9.32.